The first-order chi connectivity index (χ1) is 24.8. The van der Waals surface area contributed by atoms with Gasteiger partial charge in [-0.25, -0.2) is 15.0 Å². The molecular formula is C46H28N4. The third kappa shape index (κ3) is 4.69. The van der Waals surface area contributed by atoms with Crippen molar-refractivity contribution >= 4 is 54.3 Å². The van der Waals surface area contributed by atoms with Crippen LogP contribution in [0.1, 0.15) is 0 Å². The predicted octanol–water partition coefficient (Wildman–Crippen LogP) is 11.7. The Morgan fingerprint density at radius 3 is 1.78 bits per heavy atom. The molecule has 10 rings (SSSR count). The molecule has 0 bridgehead atoms. The second-order valence-corrected chi connectivity index (χ2v) is 12.7. The SMILES string of the molecule is c1ccc(-c2cc(-c3nc4ccccc4c4cnc5c(ccc6ccc(-c7ccc8ccccc8c7)nc65)c34)cc(-c3ccccc3)n2)cc1. The first kappa shape index (κ1) is 28.3. The van der Waals surface area contributed by atoms with E-state index in [9.17, 15) is 0 Å². The molecule has 4 aromatic heterocycles. The molecule has 0 saturated carbocycles. The fourth-order valence-electron chi connectivity index (χ4n) is 7.18. The van der Waals surface area contributed by atoms with Crippen molar-refractivity contribution in [1.82, 2.24) is 19.9 Å². The summed E-state index contributed by atoms with van der Waals surface area (Å²) in [5.41, 5.74) is 10.5. The standard InChI is InChI=1S/C46H28N4/c1-3-12-30(13-4-1)41-26-35(27-42(48-41)31-14-5-2-6-15-31)44-43-37-23-21-32-22-24-39(34-20-19-29-11-7-8-16-33(29)25-34)49-45(32)46(37)47-28-38(43)36-17-9-10-18-40(36)50-44/h1-28H. The normalized spacial score (nSPS) is 11.6. The van der Waals surface area contributed by atoms with Crippen LogP contribution >= 0.6 is 0 Å². The van der Waals surface area contributed by atoms with Crippen molar-refractivity contribution in [2.75, 3.05) is 0 Å². The van der Waals surface area contributed by atoms with Gasteiger partial charge in [0.05, 0.1) is 39.3 Å². The quantitative estimate of drug-likeness (QED) is 0.180. The molecule has 10 aromatic rings. The number of para-hydroxylation sites is 1. The van der Waals surface area contributed by atoms with Crippen LogP contribution in [0.4, 0.5) is 0 Å². The summed E-state index contributed by atoms with van der Waals surface area (Å²) >= 11 is 0. The van der Waals surface area contributed by atoms with E-state index in [1.165, 1.54) is 10.8 Å². The molecule has 0 atom stereocenters. The third-order valence-electron chi connectivity index (χ3n) is 9.64. The lowest BCUT2D eigenvalue weighted by atomic mass is 9.95. The second kappa shape index (κ2) is 11.4. The molecule has 232 valence electrons. The molecule has 50 heavy (non-hydrogen) atoms. The smallest absolute Gasteiger partial charge is 0.0972 e. The van der Waals surface area contributed by atoms with Gasteiger partial charge in [-0.15, -0.1) is 0 Å². The van der Waals surface area contributed by atoms with Gasteiger partial charge >= 0.3 is 0 Å². The van der Waals surface area contributed by atoms with Crippen LogP contribution in [-0.2, 0) is 0 Å². The maximum Gasteiger partial charge on any atom is 0.0972 e. The van der Waals surface area contributed by atoms with E-state index in [1.54, 1.807) is 0 Å². The zero-order valence-corrected chi connectivity index (χ0v) is 27.0. The van der Waals surface area contributed by atoms with Crippen molar-refractivity contribution in [2.45, 2.75) is 0 Å². The number of nitrogens with zero attached hydrogens (tertiary/aromatic N) is 4. The fourth-order valence-corrected chi connectivity index (χ4v) is 7.18. The van der Waals surface area contributed by atoms with Crippen LogP contribution < -0.4 is 0 Å². The van der Waals surface area contributed by atoms with Gasteiger partial charge in [0.2, 0.25) is 0 Å². The zero-order valence-electron chi connectivity index (χ0n) is 27.0. The molecule has 0 spiro atoms. The Hall–Kier alpha value is -6.78. The van der Waals surface area contributed by atoms with Gasteiger partial charge in [-0.3, -0.25) is 4.98 Å². The molecule has 0 amide bonds. The number of aromatic nitrogens is 4. The van der Waals surface area contributed by atoms with Crippen molar-refractivity contribution in [3.05, 3.63) is 170 Å². The van der Waals surface area contributed by atoms with Crippen molar-refractivity contribution in [1.29, 1.82) is 0 Å². The van der Waals surface area contributed by atoms with Gasteiger partial charge in [-0.05, 0) is 41.1 Å². The third-order valence-corrected chi connectivity index (χ3v) is 9.64. The second-order valence-electron chi connectivity index (χ2n) is 12.7. The van der Waals surface area contributed by atoms with Crippen LogP contribution in [0.5, 0.6) is 0 Å². The Labute approximate surface area is 288 Å². The van der Waals surface area contributed by atoms with E-state index >= 15 is 0 Å². The Balaban J connectivity index is 1.27. The molecular weight excluding hydrogens is 609 g/mol. The summed E-state index contributed by atoms with van der Waals surface area (Å²) in [6.45, 7) is 0. The highest BCUT2D eigenvalue weighted by Crippen LogP contribution is 2.40. The molecule has 0 saturated heterocycles. The van der Waals surface area contributed by atoms with Crippen LogP contribution in [0.25, 0.3) is 99.3 Å². The maximum absolute atomic E-state index is 5.39. The summed E-state index contributed by atoms with van der Waals surface area (Å²) in [7, 11) is 0. The molecule has 0 aliphatic carbocycles. The number of fused-ring (bicyclic) bond motifs is 8. The monoisotopic (exact) mass is 636 g/mol. The van der Waals surface area contributed by atoms with E-state index in [0.717, 1.165) is 88.5 Å². The Morgan fingerprint density at radius 2 is 1.00 bits per heavy atom. The van der Waals surface area contributed by atoms with Gasteiger partial charge in [-0.2, -0.15) is 0 Å². The Bertz CT molecular complexity index is 2860. The van der Waals surface area contributed by atoms with Crippen LogP contribution in [0, 0.1) is 0 Å². The van der Waals surface area contributed by atoms with Crippen molar-refractivity contribution in [3.63, 3.8) is 0 Å². The highest BCUT2D eigenvalue weighted by atomic mass is 14.8. The van der Waals surface area contributed by atoms with E-state index < -0.39 is 0 Å². The van der Waals surface area contributed by atoms with E-state index in [-0.39, 0.29) is 0 Å². The van der Waals surface area contributed by atoms with Crippen molar-refractivity contribution in [2.24, 2.45) is 0 Å². The first-order valence-corrected chi connectivity index (χ1v) is 16.8. The van der Waals surface area contributed by atoms with E-state index in [4.69, 9.17) is 19.9 Å². The minimum absolute atomic E-state index is 0.858. The number of rotatable bonds is 4. The van der Waals surface area contributed by atoms with E-state index in [0.29, 0.717) is 0 Å². The lowest BCUT2D eigenvalue weighted by Crippen LogP contribution is -1.96. The molecule has 0 N–H and O–H groups in total. The highest BCUT2D eigenvalue weighted by Gasteiger charge is 2.18. The number of hydrogen-bond acceptors (Lipinski definition) is 4. The van der Waals surface area contributed by atoms with Crippen LogP contribution in [-0.4, -0.2) is 19.9 Å². The Morgan fingerprint density at radius 1 is 0.340 bits per heavy atom. The van der Waals surface area contributed by atoms with Crippen LogP contribution in [0.2, 0.25) is 0 Å². The average Bonchev–Trinajstić information content (AvgIpc) is 3.20. The summed E-state index contributed by atoms with van der Waals surface area (Å²) < 4.78 is 0. The molecule has 4 heterocycles. The van der Waals surface area contributed by atoms with Gasteiger partial charge < -0.3 is 0 Å². The van der Waals surface area contributed by atoms with Crippen molar-refractivity contribution < 1.29 is 0 Å². The predicted molar refractivity (Wildman–Crippen MR) is 207 cm³/mol. The van der Waals surface area contributed by atoms with E-state index in [2.05, 4.69) is 146 Å². The number of hydrogen-bond donors (Lipinski definition) is 0. The maximum atomic E-state index is 5.39. The average molecular weight is 637 g/mol. The molecule has 6 aromatic carbocycles. The number of pyridine rings is 4. The van der Waals surface area contributed by atoms with E-state index in [1.807, 2.05) is 24.4 Å². The van der Waals surface area contributed by atoms with Crippen LogP contribution in [0.3, 0.4) is 0 Å². The van der Waals surface area contributed by atoms with Gasteiger partial charge in [0.1, 0.15) is 0 Å². The number of benzene rings is 6. The molecule has 0 aliphatic heterocycles. The van der Waals surface area contributed by atoms with Gasteiger partial charge in [-0.1, -0.05) is 133 Å². The molecule has 4 nitrogen and oxygen atoms in total. The summed E-state index contributed by atoms with van der Waals surface area (Å²) in [6.07, 6.45) is 2.01. The Kier molecular flexibility index (Phi) is 6.46. The minimum Gasteiger partial charge on any atom is -0.253 e. The van der Waals surface area contributed by atoms with Gasteiger partial charge in [0.25, 0.3) is 0 Å². The zero-order chi connectivity index (χ0) is 33.0. The minimum atomic E-state index is 0.858. The molecule has 0 fully saturated rings. The lowest BCUT2D eigenvalue weighted by molar-refractivity contribution is 1.31. The fraction of sp³-hybridized carbons (Fsp3) is 0. The largest absolute Gasteiger partial charge is 0.253 e. The summed E-state index contributed by atoms with van der Waals surface area (Å²) in [6, 6.07) is 56.9. The molecule has 4 heteroatoms. The highest BCUT2D eigenvalue weighted by molar-refractivity contribution is 6.23. The summed E-state index contributed by atoms with van der Waals surface area (Å²) in [4.78, 5) is 20.9. The molecule has 0 aliphatic rings. The molecule has 0 radical (unpaired) electrons. The summed E-state index contributed by atoms with van der Waals surface area (Å²) in [5, 5.41) is 7.65. The lowest BCUT2D eigenvalue weighted by Gasteiger charge is -2.15. The van der Waals surface area contributed by atoms with Gasteiger partial charge in [0.15, 0.2) is 0 Å². The summed E-state index contributed by atoms with van der Waals surface area (Å²) in [5.74, 6) is 0. The first-order valence-electron chi connectivity index (χ1n) is 16.8. The van der Waals surface area contributed by atoms with Gasteiger partial charge in [0, 0.05) is 55.4 Å². The van der Waals surface area contributed by atoms with Crippen molar-refractivity contribution in [3.8, 4) is 45.0 Å². The van der Waals surface area contributed by atoms with Crippen LogP contribution in [0.15, 0.2) is 170 Å². The topological polar surface area (TPSA) is 51.6 Å². The molecule has 0 unspecified atom stereocenters.